The van der Waals surface area contributed by atoms with Crippen LogP contribution in [-0.4, -0.2) is 112 Å². The number of Topliss-reactive ketones (excluding diaryl/α,β-unsaturated/α-hetero) is 1. The van der Waals surface area contributed by atoms with Crippen molar-refractivity contribution < 1.29 is 43.2 Å². The zero-order chi connectivity index (χ0) is 34.7. The molecule has 2 aliphatic heterocycles. The molecule has 6 atom stereocenters. The predicted molar refractivity (Wildman–Crippen MR) is 175 cm³/mol. The molecule has 0 unspecified atom stereocenters. The number of hydrogen-bond acceptors (Lipinski definition) is 11. The first-order chi connectivity index (χ1) is 22.4. The number of carbonyl (C=O) groups is 4. The van der Waals surface area contributed by atoms with Gasteiger partial charge in [-0.2, -0.15) is 0 Å². The highest BCUT2D eigenvalue weighted by atomic mass is 16.6. The molecular formula is C34H50N4O9. The van der Waals surface area contributed by atoms with Crippen molar-refractivity contribution in [1.29, 1.82) is 0 Å². The van der Waals surface area contributed by atoms with Gasteiger partial charge in [-0.3, -0.25) is 19.3 Å². The maximum Gasteiger partial charge on any atom is 0.405 e. The zero-order valence-electron chi connectivity index (χ0n) is 28.2. The lowest BCUT2D eigenvalue weighted by atomic mass is 9.85. The molecule has 47 heavy (non-hydrogen) atoms. The molecule has 0 aromatic rings. The summed E-state index contributed by atoms with van der Waals surface area (Å²) in [7, 11) is 2.94. The molecule has 3 aliphatic rings. The summed E-state index contributed by atoms with van der Waals surface area (Å²) in [5.41, 5.74) is 6.58. The highest BCUT2D eigenvalue weighted by Crippen LogP contribution is 2.29. The molecule has 0 aromatic carbocycles. The minimum Gasteiger partial charge on any atom is -0.439 e. The van der Waals surface area contributed by atoms with Crippen molar-refractivity contribution in [3.8, 4) is 0 Å². The zero-order valence-corrected chi connectivity index (χ0v) is 28.2. The van der Waals surface area contributed by atoms with Gasteiger partial charge in [-0.15, -0.1) is 0 Å². The number of fused-ring (bicyclic) bond motifs is 2. The summed E-state index contributed by atoms with van der Waals surface area (Å²) in [5.74, 6) is -2.07. The summed E-state index contributed by atoms with van der Waals surface area (Å²) in [5, 5.41) is 17.2. The van der Waals surface area contributed by atoms with Crippen LogP contribution < -0.4 is 16.4 Å². The van der Waals surface area contributed by atoms with Crippen LogP contribution in [0.5, 0.6) is 0 Å². The Hall–Kier alpha value is -3.62. The molecule has 0 saturated carbocycles. The number of rotatable bonds is 7. The molecular weight excluding hydrogens is 608 g/mol. The van der Waals surface area contributed by atoms with E-state index in [0.29, 0.717) is 38.3 Å². The normalized spacial score (nSPS) is 32.0. The number of amides is 2. The van der Waals surface area contributed by atoms with Crippen LogP contribution in [0.1, 0.15) is 40.5 Å². The fourth-order valence-electron chi connectivity index (χ4n) is 5.94. The molecule has 2 bridgehead atoms. The lowest BCUT2D eigenvalue weighted by Gasteiger charge is -2.30. The molecule has 0 radical (unpaired) electrons. The van der Waals surface area contributed by atoms with Crippen LogP contribution in [0.3, 0.4) is 0 Å². The summed E-state index contributed by atoms with van der Waals surface area (Å²) in [6.45, 7) is 11.0. The SMILES string of the molecule is CO[C@H]1/C=C\C=C(/C)C(=O)NC2=CC(=O)C(NCCN3CCOCC3)=C(C[C@@H](C)C[C@H](OC)[C@H](O)[C@@H](C)/C=C(\C)[C@@H]1OC(N)=O)C2=O. The van der Waals surface area contributed by atoms with Gasteiger partial charge in [0.2, 0.25) is 11.6 Å². The van der Waals surface area contributed by atoms with E-state index in [9.17, 15) is 24.3 Å². The molecule has 3 rings (SSSR count). The number of methoxy groups -OCH3 is 2. The van der Waals surface area contributed by atoms with E-state index in [1.54, 1.807) is 32.1 Å². The van der Waals surface area contributed by atoms with E-state index in [0.717, 1.165) is 19.2 Å². The average molecular weight is 659 g/mol. The Balaban J connectivity index is 2.00. The Morgan fingerprint density at radius 1 is 1.15 bits per heavy atom. The monoisotopic (exact) mass is 658 g/mol. The molecule has 0 aromatic heterocycles. The number of aliphatic hydroxyl groups is 1. The second-order valence-corrected chi connectivity index (χ2v) is 12.3. The first-order valence-corrected chi connectivity index (χ1v) is 16.0. The van der Waals surface area contributed by atoms with Crippen molar-refractivity contribution in [2.45, 2.75) is 65.0 Å². The second kappa shape index (κ2) is 18.1. The highest BCUT2D eigenvalue weighted by molar-refractivity contribution is 6.23. The third-order valence-corrected chi connectivity index (χ3v) is 8.63. The Morgan fingerprint density at radius 3 is 2.49 bits per heavy atom. The van der Waals surface area contributed by atoms with E-state index in [2.05, 4.69) is 15.5 Å². The van der Waals surface area contributed by atoms with Crippen LogP contribution in [0, 0.1) is 11.8 Å². The van der Waals surface area contributed by atoms with Gasteiger partial charge in [-0.25, -0.2) is 4.79 Å². The van der Waals surface area contributed by atoms with Crippen molar-refractivity contribution in [1.82, 2.24) is 15.5 Å². The molecule has 1 aliphatic carbocycles. The van der Waals surface area contributed by atoms with Gasteiger partial charge in [0.15, 0.2) is 6.10 Å². The molecule has 2 amide bonds. The van der Waals surface area contributed by atoms with Crippen LogP contribution in [0.25, 0.3) is 0 Å². The van der Waals surface area contributed by atoms with Gasteiger partial charge >= 0.3 is 6.09 Å². The summed E-state index contributed by atoms with van der Waals surface area (Å²) >= 11 is 0. The van der Waals surface area contributed by atoms with Crippen LogP contribution in [0.15, 0.2) is 58.5 Å². The van der Waals surface area contributed by atoms with Crippen molar-refractivity contribution in [3.63, 3.8) is 0 Å². The number of ether oxygens (including phenoxy) is 4. The van der Waals surface area contributed by atoms with Gasteiger partial charge in [0.05, 0.1) is 36.8 Å². The number of primary amides is 1. The maximum absolute atomic E-state index is 13.8. The van der Waals surface area contributed by atoms with E-state index in [1.165, 1.54) is 20.3 Å². The van der Waals surface area contributed by atoms with Gasteiger partial charge in [-0.1, -0.05) is 38.2 Å². The predicted octanol–water partition coefficient (Wildman–Crippen LogP) is 1.68. The molecule has 0 spiro atoms. The number of nitrogens with two attached hydrogens (primary N) is 1. The van der Waals surface area contributed by atoms with Gasteiger partial charge in [-0.05, 0) is 38.2 Å². The second-order valence-electron chi connectivity index (χ2n) is 12.3. The Kier molecular flexibility index (Phi) is 14.5. The van der Waals surface area contributed by atoms with Gasteiger partial charge < -0.3 is 40.4 Å². The number of carbonyl (C=O) groups excluding carboxylic acids is 4. The standard InChI is InChI=1S/C34H50N4O9/c1-20-16-24-29(36-10-11-38-12-14-46-15-13-38)26(39)19-25(31(24)41)37-33(42)21(2)8-7-9-27(44-5)32(47-34(35)43)23(4)18-22(3)30(40)28(17-20)45-6/h7-9,18-20,22,27-28,30,32,36,40H,10-17H2,1-6H3,(H2,35,43)(H,37,42)/b9-7-,21-8+,23-18+/t20-,22+,27+,28+,30-,32+/m1/s1. The summed E-state index contributed by atoms with van der Waals surface area (Å²) in [6, 6.07) is 0. The van der Waals surface area contributed by atoms with Crippen molar-refractivity contribution in [3.05, 3.63) is 58.5 Å². The third kappa shape index (κ3) is 10.7. The smallest absolute Gasteiger partial charge is 0.405 e. The Labute approximate surface area is 276 Å². The third-order valence-electron chi connectivity index (χ3n) is 8.63. The van der Waals surface area contributed by atoms with Gasteiger partial charge in [0, 0.05) is 63.5 Å². The van der Waals surface area contributed by atoms with Crippen LogP contribution in [0.4, 0.5) is 4.79 Å². The number of nitrogens with one attached hydrogen (secondary N) is 2. The number of aliphatic hydroxyl groups excluding tert-OH is 1. The number of nitrogens with zero attached hydrogens (tertiary/aromatic N) is 1. The maximum atomic E-state index is 13.8. The van der Waals surface area contributed by atoms with E-state index in [1.807, 2.05) is 13.8 Å². The fourth-order valence-corrected chi connectivity index (χ4v) is 5.94. The summed E-state index contributed by atoms with van der Waals surface area (Å²) < 4.78 is 22.1. The summed E-state index contributed by atoms with van der Waals surface area (Å²) in [4.78, 5) is 54.4. The van der Waals surface area contributed by atoms with E-state index >= 15 is 0 Å². The number of morpholine rings is 1. The fraction of sp³-hybridized carbons (Fsp3) is 0.588. The molecule has 1 fully saturated rings. The minimum atomic E-state index is -0.998. The number of ketones is 2. The number of hydrogen-bond donors (Lipinski definition) is 4. The number of allylic oxidation sites excluding steroid dienone is 4. The molecule has 13 heteroatoms. The topological polar surface area (TPSA) is 179 Å². The van der Waals surface area contributed by atoms with Crippen LogP contribution in [-0.2, 0) is 33.3 Å². The molecule has 1 saturated heterocycles. The Morgan fingerprint density at radius 2 is 1.85 bits per heavy atom. The van der Waals surface area contributed by atoms with Crippen molar-refractivity contribution in [2.75, 3.05) is 53.6 Å². The van der Waals surface area contributed by atoms with E-state index in [-0.39, 0.29) is 34.9 Å². The summed E-state index contributed by atoms with van der Waals surface area (Å²) in [6.07, 6.45) is 3.88. The first kappa shape index (κ1) is 37.8. The lowest BCUT2D eigenvalue weighted by Crippen LogP contribution is -2.42. The minimum absolute atomic E-state index is 0.114. The van der Waals surface area contributed by atoms with Gasteiger partial charge in [0.1, 0.15) is 6.10 Å². The van der Waals surface area contributed by atoms with E-state index < -0.39 is 53.9 Å². The van der Waals surface area contributed by atoms with Gasteiger partial charge in [0.25, 0.3) is 5.91 Å². The molecule has 13 nitrogen and oxygen atoms in total. The molecule has 2 heterocycles. The molecule has 260 valence electrons. The quantitative estimate of drug-likeness (QED) is 0.231. The lowest BCUT2D eigenvalue weighted by molar-refractivity contribution is -0.120. The van der Waals surface area contributed by atoms with E-state index in [4.69, 9.17) is 24.7 Å². The average Bonchev–Trinajstić information content (AvgIpc) is 3.04. The van der Waals surface area contributed by atoms with Crippen LogP contribution >= 0.6 is 0 Å². The highest BCUT2D eigenvalue weighted by Gasteiger charge is 2.33. The largest absolute Gasteiger partial charge is 0.439 e. The Bertz CT molecular complexity index is 1310. The van der Waals surface area contributed by atoms with Crippen LogP contribution in [0.2, 0.25) is 0 Å². The van der Waals surface area contributed by atoms with Crippen molar-refractivity contribution in [2.24, 2.45) is 17.6 Å². The first-order valence-electron chi connectivity index (χ1n) is 16.0. The molecule has 5 N–H and O–H groups in total. The van der Waals surface area contributed by atoms with Crippen molar-refractivity contribution >= 4 is 23.6 Å².